The molecule has 0 fully saturated rings. The first-order valence-electron chi connectivity index (χ1n) is 5.77. The average molecular weight is 245 g/mol. The van der Waals surface area contributed by atoms with Crippen LogP contribution < -0.4 is 11.1 Å². The maximum atomic E-state index is 13.1. The predicted octanol–water partition coefficient (Wildman–Crippen LogP) is 3.03. The molecule has 3 N–H and O–H groups in total. The van der Waals surface area contributed by atoms with Gasteiger partial charge < -0.3 is 11.1 Å². The lowest BCUT2D eigenvalue weighted by Gasteiger charge is -2.09. The predicted molar refractivity (Wildman–Crippen MR) is 71.9 cm³/mol. The number of aryl methyl sites for hydroxylation is 2. The number of nitrogens with one attached hydrogen (secondary N) is 1. The summed E-state index contributed by atoms with van der Waals surface area (Å²) >= 11 is 0. The average Bonchev–Trinajstić information content (AvgIpc) is 2.32. The number of hydrogen-bond acceptors (Lipinski definition) is 3. The molecule has 1 aromatic heterocycles. The molecule has 4 heteroatoms. The number of nitrogen functional groups attached to an aromatic ring is 1. The van der Waals surface area contributed by atoms with Crippen LogP contribution in [-0.2, 0) is 6.54 Å². The minimum absolute atomic E-state index is 0.180. The highest BCUT2D eigenvalue weighted by Crippen LogP contribution is 2.16. The van der Waals surface area contributed by atoms with Gasteiger partial charge in [-0.25, -0.2) is 9.37 Å². The van der Waals surface area contributed by atoms with Crippen LogP contribution in [0.1, 0.15) is 16.7 Å². The second kappa shape index (κ2) is 5.04. The second-order valence-corrected chi connectivity index (χ2v) is 4.37. The molecule has 94 valence electrons. The number of benzene rings is 1. The van der Waals surface area contributed by atoms with Crippen molar-refractivity contribution in [3.05, 3.63) is 53.0 Å². The van der Waals surface area contributed by atoms with Gasteiger partial charge in [-0.1, -0.05) is 12.1 Å². The Labute approximate surface area is 106 Å². The summed E-state index contributed by atoms with van der Waals surface area (Å²) < 4.78 is 13.1. The van der Waals surface area contributed by atoms with E-state index >= 15 is 0 Å². The number of anilines is 2. The van der Waals surface area contributed by atoms with E-state index in [1.54, 1.807) is 19.2 Å². The Morgan fingerprint density at radius 2 is 2.00 bits per heavy atom. The van der Waals surface area contributed by atoms with E-state index in [0.717, 1.165) is 16.9 Å². The van der Waals surface area contributed by atoms with Gasteiger partial charge in [0.25, 0.3) is 0 Å². The van der Waals surface area contributed by atoms with Crippen LogP contribution in [0.4, 0.5) is 15.9 Å². The standard InChI is InChI=1S/C14H16FN3/c1-9-5-11(3-4-13(9)15)7-17-14-10(2)6-12(16)8-18-14/h3-6,8H,7,16H2,1-2H3,(H,17,18). The van der Waals surface area contributed by atoms with Crippen LogP contribution in [-0.4, -0.2) is 4.98 Å². The van der Waals surface area contributed by atoms with Crippen LogP contribution in [0, 0.1) is 19.7 Å². The van der Waals surface area contributed by atoms with E-state index in [-0.39, 0.29) is 5.82 Å². The van der Waals surface area contributed by atoms with Gasteiger partial charge in [-0.15, -0.1) is 0 Å². The molecule has 0 radical (unpaired) electrons. The zero-order valence-corrected chi connectivity index (χ0v) is 10.5. The Hall–Kier alpha value is -2.10. The first kappa shape index (κ1) is 12.4. The lowest BCUT2D eigenvalue weighted by atomic mass is 10.1. The first-order valence-corrected chi connectivity index (χ1v) is 5.77. The molecule has 3 nitrogen and oxygen atoms in total. The Bertz CT molecular complexity index is 567. The highest BCUT2D eigenvalue weighted by molar-refractivity contribution is 5.51. The van der Waals surface area contributed by atoms with Crippen molar-refractivity contribution in [3.8, 4) is 0 Å². The lowest BCUT2D eigenvalue weighted by Crippen LogP contribution is -2.04. The fraction of sp³-hybridized carbons (Fsp3) is 0.214. The van der Waals surface area contributed by atoms with E-state index < -0.39 is 0 Å². The molecule has 2 aromatic rings. The summed E-state index contributed by atoms with van der Waals surface area (Å²) in [6, 6.07) is 6.94. The Balaban J connectivity index is 2.09. The molecule has 0 spiro atoms. The van der Waals surface area contributed by atoms with E-state index in [2.05, 4.69) is 10.3 Å². The smallest absolute Gasteiger partial charge is 0.129 e. The Morgan fingerprint density at radius 1 is 1.22 bits per heavy atom. The van der Waals surface area contributed by atoms with Crippen LogP contribution in [0.5, 0.6) is 0 Å². The highest BCUT2D eigenvalue weighted by atomic mass is 19.1. The summed E-state index contributed by atoms with van der Waals surface area (Å²) in [5.41, 5.74) is 8.95. The third kappa shape index (κ3) is 2.77. The summed E-state index contributed by atoms with van der Waals surface area (Å²) in [4.78, 5) is 4.22. The molecule has 1 aromatic carbocycles. The van der Waals surface area contributed by atoms with Crippen molar-refractivity contribution in [2.75, 3.05) is 11.1 Å². The van der Waals surface area contributed by atoms with Crippen LogP contribution in [0.15, 0.2) is 30.5 Å². The van der Waals surface area contributed by atoms with Gasteiger partial charge in [-0.3, -0.25) is 0 Å². The van der Waals surface area contributed by atoms with Crippen molar-refractivity contribution in [1.29, 1.82) is 0 Å². The number of rotatable bonds is 3. The number of pyridine rings is 1. The molecule has 18 heavy (non-hydrogen) atoms. The number of nitrogens with zero attached hydrogens (tertiary/aromatic N) is 1. The summed E-state index contributed by atoms with van der Waals surface area (Å²) in [5.74, 6) is 0.617. The number of halogens is 1. The van der Waals surface area contributed by atoms with Gasteiger partial charge in [0, 0.05) is 6.54 Å². The molecule has 0 aliphatic rings. The third-order valence-electron chi connectivity index (χ3n) is 2.78. The molecule has 2 rings (SSSR count). The third-order valence-corrected chi connectivity index (χ3v) is 2.78. The Kier molecular flexibility index (Phi) is 3.46. The van der Waals surface area contributed by atoms with Crippen molar-refractivity contribution >= 4 is 11.5 Å². The SMILES string of the molecule is Cc1cc(CNc2ncc(N)cc2C)ccc1F. The molecular formula is C14H16FN3. The quantitative estimate of drug-likeness (QED) is 0.873. The van der Waals surface area contributed by atoms with E-state index in [4.69, 9.17) is 5.73 Å². The van der Waals surface area contributed by atoms with Gasteiger partial charge in [0.15, 0.2) is 0 Å². The van der Waals surface area contributed by atoms with E-state index in [9.17, 15) is 4.39 Å². The molecule has 0 saturated carbocycles. The van der Waals surface area contributed by atoms with Gasteiger partial charge in [0.2, 0.25) is 0 Å². The largest absolute Gasteiger partial charge is 0.397 e. The van der Waals surface area contributed by atoms with Crippen molar-refractivity contribution in [1.82, 2.24) is 4.98 Å². The Morgan fingerprint density at radius 3 is 2.67 bits per heavy atom. The molecule has 0 amide bonds. The zero-order valence-electron chi connectivity index (χ0n) is 10.5. The summed E-state index contributed by atoms with van der Waals surface area (Å²) in [6.45, 7) is 4.31. The van der Waals surface area contributed by atoms with Gasteiger partial charge in [0.05, 0.1) is 11.9 Å². The van der Waals surface area contributed by atoms with Crippen LogP contribution in [0.2, 0.25) is 0 Å². The number of aromatic nitrogens is 1. The fourth-order valence-corrected chi connectivity index (χ4v) is 1.78. The van der Waals surface area contributed by atoms with Crippen LogP contribution in [0.25, 0.3) is 0 Å². The molecule has 0 unspecified atom stereocenters. The molecule has 0 bridgehead atoms. The van der Waals surface area contributed by atoms with Crippen molar-refractivity contribution in [3.63, 3.8) is 0 Å². The lowest BCUT2D eigenvalue weighted by molar-refractivity contribution is 0.617. The van der Waals surface area contributed by atoms with Gasteiger partial charge in [-0.2, -0.15) is 0 Å². The summed E-state index contributed by atoms with van der Waals surface area (Å²) in [5, 5.41) is 3.21. The van der Waals surface area contributed by atoms with E-state index in [1.165, 1.54) is 6.07 Å². The van der Waals surface area contributed by atoms with Crippen molar-refractivity contribution in [2.24, 2.45) is 0 Å². The van der Waals surface area contributed by atoms with Crippen molar-refractivity contribution in [2.45, 2.75) is 20.4 Å². The topological polar surface area (TPSA) is 50.9 Å². The van der Waals surface area contributed by atoms with Gasteiger partial charge in [-0.05, 0) is 42.7 Å². The molecule has 0 saturated heterocycles. The molecule has 0 atom stereocenters. The van der Waals surface area contributed by atoms with Crippen LogP contribution >= 0.6 is 0 Å². The van der Waals surface area contributed by atoms with Crippen molar-refractivity contribution < 1.29 is 4.39 Å². The second-order valence-electron chi connectivity index (χ2n) is 4.37. The molecular weight excluding hydrogens is 229 g/mol. The van der Waals surface area contributed by atoms with Gasteiger partial charge >= 0.3 is 0 Å². The van der Waals surface area contributed by atoms with E-state index in [0.29, 0.717) is 17.8 Å². The summed E-state index contributed by atoms with van der Waals surface area (Å²) in [6.07, 6.45) is 1.62. The minimum atomic E-state index is -0.180. The zero-order chi connectivity index (χ0) is 13.1. The number of nitrogens with two attached hydrogens (primary N) is 1. The molecule has 0 aliphatic heterocycles. The normalized spacial score (nSPS) is 10.4. The highest BCUT2D eigenvalue weighted by Gasteiger charge is 2.02. The summed E-state index contributed by atoms with van der Waals surface area (Å²) in [7, 11) is 0. The van der Waals surface area contributed by atoms with Crippen LogP contribution in [0.3, 0.4) is 0 Å². The van der Waals surface area contributed by atoms with E-state index in [1.807, 2.05) is 19.1 Å². The molecule has 0 aliphatic carbocycles. The maximum absolute atomic E-state index is 13.1. The monoisotopic (exact) mass is 245 g/mol. The first-order chi connectivity index (χ1) is 8.56. The fourth-order valence-electron chi connectivity index (χ4n) is 1.78. The van der Waals surface area contributed by atoms with Gasteiger partial charge in [0.1, 0.15) is 11.6 Å². The maximum Gasteiger partial charge on any atom is 0.129 e. The number of hydrogen-bond donors (Lipinski definition) is 2. The minimum Gasteiger partial charge on any atom is -0.397 e. The molecule has 1 heterocycles.